The number of Topliss-reactive ketones (excluding diaryl/α,β-unsaturated/α-hetero) is 1. The third-order valence-corrected chi connectivity index (χ3v) is 6.16. The highest BCUT2D eigenvalue weighted by atomic mass is 16.2. The van der Waals surface area contributed by atoms with Gasteiger partial charge in [-0.15, -0.1) is 0 Å². The molecule has 0 bridgehead atoms. The van der Waals surface area contributed by atoms with Crippen LogP contribution >= 0.6 is 0 Å². The summed E-state index contributed by atoms with van der Waals surface area (Å²) in [5.41, 5.74) is 9.11. The zero-order valence-corrected chi connectivity index (χ0v) is 16.1. The third-order valence-electron chi connectivity index (χ3n) is 6.16. The van der Waals surface area contributed by atoms with Gasteiger partial charge in [-0.25, -0.2) is 9.97 Å². The lowest BCUT2D eigenvalue weighted by molar-refractivity contribution is -0.135. The molecule has 0 saturated heterocycles. The van der Waals surface area contributed by atoms with Crippen LogP contribution in [-0.4, -0.2) is 27.6 Å². The Balaban J connectivity index is 1.46. The number of fused-ring (bicyclic) bond motifs is 2. The van der Waals surface area contributed by atoms with Gasteiger partial charge in [0.05, 0.1) is 23.6 Å². The Morgan fingerprint density at radius 1 is 1.28 bits per heavy atom. The summed E-state index contributed by atoms with van der Waals surface area (Å²) < 4.78 is 0. The fourth-order valence-corrected chi connectivity index (χ4v) is 4.22. The van der Waals surface area contributed by atoms with Gasteiger partial charge in [0.25, 0.3) is 0 Å². The standard InChI is InChI=1S/C21H21N5O3/c1-11-2-3-14(24-18(28)12-6-15(27)7-12)8-16(11)26-10-13-9-23-20(22)25-17(13)21(4-5-21)19(26)29/h2-3,8-9,12H,4-7,10H2,1H3,(H,24,28)(H2,22,23,25). The van der Waals surface area contributed by atoms with E-state index in [4.69, 9.17) is 5.73 Å². The first-order valence-corrected chi connectivity index (χ1v) is 9.74. The number of aryl methyl sites for hydroxylation is 1. The molecule has 8 heteroatoms. The summed E-state index contributed by atoms with van der Waals surface area (Å²) in [6, 6.07) is 5.53. The van der Waals surface area contributed by atoms with Crippen molar-refractivity contribution in [1.82, 2.24) is 9.97 Å². The number of nitrogens with one attached hydrogen (secondary N) is 1. The normalized spacial score (nSPS) is 19.7. The number of benzene rings is 1. The average molecular weight is 391 g/mol. The topological polar surface area (TPSA) is 118 Å². The first-order chi connectivity index (χ1) is 13.9. The molecule has 1 aromatic heterocycles. The highest BCUT2D eigenvalue weighted by molar-refractivity contribution is 6.06. The Bertz CT molecular complexity index is 1070. The van der Waals surface area contributed by atoms with Crippen molar-refractivity contribution in [3.8, 4) is 0 Å². The SMILES string of the molecule is Cc1ccc(NC(=O)C2CC(=O)C2)cc1N1Cc2cnc(N)nc2C2(CC2)C1=O. The van der Waals surface area contributed by atoms with Gasteiger partial charge in [0.15, 0.2) is 0 Å². The maximum absolute atomic E-state index is 13.4. The van der Waals surface area contributed by atoms with Crippen molar-refractivity contribution in [2.75, 3.05) is 16.0 Å². The molecule has 2 amide bonds. The Labute approximate surface area is 167 Å². The molecule has 0 radical (unpaired) electrons. The lowest BCUT2D eigenvalue weighted by Crippen LogP contribution is -2.45. The van der Waals surface area contributed by atoms with Crippen molar-refractivity contribution in [1.29, 1.82) is 0 Å². The van der Waals surface area contributed by atoms with Crippen LogP contribution in [0.5, 0.6) is 0 Å². The van der Waals surface area contributed by atoms with Crippen LogP contribution in [-0.2, 0) is 26.3 Å². The highest BCUT2D eigenvalue weighted by Gasteiger charge is 2.58. The van der Waals surface area contributed by atoms with E-state index >= 15 is 0 Å². The van der Waals surface area contributed by atoms with Crippen molar-refractivity contribution in [3.63, 3.8) is 0 Å². The van der Waals surface area contributed by atoms with Crippen LogP contribution in [0.1, 0.15) is 42.5 Å². The molecule has 29 heavy (non-hydrogen) atoms. The molecule has 8 nitrogen and oxygen atoms in total. The van der Waals surface area contributed by atoms with Gasteiger partial charge in [0.2, 0.25) is 17.8 Å². The maximum atomic E-state index is 13.4. The summed E-state index contributed by atoms with van der Waals surface area (Å²) in [6.07, 6.45) is 3.80. The van der Waals surface area contributed by atoms with Crippen LogP contribution in [0.3, 0.4) is 0 Å². The van der Waals surface area contributed by atoms with Crippen molar-refractivity contribution in [2.24, 2.45) is 5.92 Å². The fraction of sp³-hybridized carbons (Fsp3) is 0.381. The molecule has 1 aliphatic heterocycles. The fourth-order valence-electron chi connectivity index (χ4n) is 4.22. The Kier molecular flexibility index (Phi) is 3.74. The number of carbonyl (C=O) groups excluding carboxylic acids is 3. The average Bonchev–Trinajstić information content (AvgIpc) is 3.46. The second kappa shape index (κ2) is 6.10. The minimum absolute atomic E-state index is 0.0132. The zero-order valence-electron chi connectivity index (χ0n) is 16.1. The minimum atomic E-state index is -0.609. The molecule has 2 aliphatic carbocycles. The number of hydrogen-bond acceptors (Lipinski definition) is 6. The van der Waals surface area contributed by atoms with E-state index in [0.717, 1.165) is 35.3 Å². The van der Waals surface area contributed by atoms with E-state index in [0.29, 0.717) is 25.1 Å². The molecular formula is C21H21N5O3. The summed E-state index contributed by atoms with van der Waals surface area (Å²) in [7, 11) is 0. The van der Waals surface area contributed by atoms with Crippen molar-refractivity contribution in [3.05, 3.63) is 41.2 Å². The third kappa shape index (κ3) is 2.78. The predicted octanol–water partition coefficient (Wildman–Crippen LogP) is 1.86. The van der Waals surface area contributed by atoms with Crippen LogP contribution in [0.15, 0.2) is 24.4 Å². The molecule has 2 saturated carbocycles. The maximum Gasteiger partial charge on any atom is 0.239 e. The van der Waals surface area contributed by atoms with Crippen LogP contribution < -0.4 is 16.0 Å². The van der Waals surface area contributed by atoms with E-state index in [1.807, 2.05) is 25.1 Å². The summed E-state index contributed by atoms with van der Waals surface area (Å²) >= 11 is 0. The summed E-state index contributed by atoms with van der Waals surface area (Å²) in [5, 5.41) is 2.88. The molecule has 2 heterocycles. The van der Waals surface area contributed by atoms with Crippen molar-refractivity contribution >= 4 is 34.9 Å². The number of nitrogens with two attached hydrogens (primary N) is 1. The van der Waals surface area contributed by atoms with Gasteiger partial charge in [-0.2, -0.15) is 0 Å². The number of anilines is 3. The van der Waals surface area contributed by atoms with Gasteiger partial charge in [-0.05, 0) is 37.5 Å². The molecule has 2 aromatic rings. The molecule has 0 unspecified atom stereocenters. The molecule has 0 atom stereocenters. The number of aromatic nitrogens is 2. The molecule has 3 aliphatic rings. The zero-order chi connectivity index (χ0) is 20.3. The largest absolute Gasteiger partial charge is 0.368 e. The lowest BCUT2D eigenvalue weighted by Gasteiger charge is -2.34. The van der Waals surface area contributed by atoms with E-state index in [9.17, 15) is 14.4 Å². The van der Waals surface area contributed by atoms with E-state index in [2.05, 4.69) is 15.3 Å². The molecular weight excluding hydrogens is 370 g/mol. The first kappa shape index (κ1) is 17.8. The summed E-state index contributed by atoms with van der Waals surface area (Å²) in [6.45, 7) is 2.30. The van der Waals surface area contributed by atoms with Crippen LogP contribution in [0.4, 0.5) is 17.3 Å². The number of hydrogen-bond donors (Lipinski definition) is 2. The second-order valence-electron chi connectivity index (χ2n) is 8.21. The second-order valence-corrected chi connectivity index (χ2v) is 8.21. The number of carbonyl (C=O) groups is 3. The van der Waals surface area contributed by atoms with Crippen LogP contribution in [0.2, 0.25) is 0 Å². The number of ketones is 1. The Hall–Kier alpha value is -3.29. The monoisotopic (exact) mass is 391 g/mol. The molecule has 148 valence electrons. The van der Waals surface area contributed by atoms with E-state index in [-0.39, 0.29) is 29.5 Å². The van der Waals surface area contributed by atoms with Gasteiger partial charge in [0.1, 0.15) is 5.78 Å². The molecule has 1 aromatic carbocycles. The van der Waals surface area contributed by atoms with Gasteiger partial charge in [0, 0.05) is 36.0 Å². The van der Waals surface area contributed by atoms with Gasteiger partial charge in [-0.3, -0.25) is 14.4 Å². The Morgan fingerprint density at radius 2 is 2.03 bits per heavy atom. The van der Waals surface area contributed by atoms with Crippen LogP contribution in [0, 0.1) is 12.8 Å². The minimum Gasteiger partial charge on any atom is -0.368 e. The smallest absolute Gasteiger partial charge is 0.239 e. The lowest BCUT2D eigenvalue weighted by atomic mass is 9.83. The number of nitrogens with zero attached hydrogens (tertiary/aromatic N) is 3. The number of rotatable bonds is 3. The predicted molar refractivity (Wildman–Crippen MR) is 106 cm³/mol. The molecule has 1 spiro atoms. The highest BCUT2D eigenvalue weighted by Crippen LogP contribution is 2.53. The van der Waals surface area contributed by atoms with E-state index < -0.39 is 5.41 Å². The van der Waals surface area contributed by atoms with E-state index in [1.165, 1.54) is 0 Å². The van der Waals surface area contributed by atoms with Crippen LogP contribution in [0.25, 0.3) is 0 Å². The molecule has 5 rings (SSSR count). The van der Waals surface area contributed by atoms with Crippen molar-refractivity contribution in [2.45, 2.75) is 44.6 Å². The van der Waals surface area contributed by atoms with Gasteiger partial charge < -0.3 is 16.0 Å². The molecule has 3 N–H and O–H groups in total. The summed E-state index contributed by atoms with van der Waals surface area (Å²) in [4.78, 5) is 47.1. The Morgan fingerprint density at radius 3 is 2.72 bits per heavy atom. The summed E-state index contributed by atoms with van der Waals surface area (Å²) in [5.74, 6) is -0.0961. The van der Waals surface area contributed by atoms with E-state index in [1.54, 1.807) is 11.1 Å². The molecule has 2 fully saturated rings. The number of amides is 2. The first-order valence-electron chi connectivity index (χ1n) is 9.74. The van der Waals surface area contributed by atoms with Gasteiger partial charge in [-0.1, -0.05) is 6.07 Å². The quantitative estimate of drug-likeness (QED) is 0.824. The number of nitrogen functional groups attached to an aromatic ring is 1. The van der Waals surface area contributed by atoms with Crippen molar-refractivity contribution < 1.29 is 14.4 Å². The van der Waals surface area contributed by atoms with Gasteiger partial charge >= 0.3 is 0 Å².